The molecule has 5 unspecified atom stereocenters. The number of hydrogen-bond acceptors (Lipinski definition) is 0. The van der Waals surface area contributed by atoms with Gasteiger partial charge in [0, 0.05) is 0 Å². The van der Waals surface area contributed by atoms with E-state index in [-0.39, 0.29) is 0 Å². The van der Waals surface area contributed by atoms with Crippen LogP contribution in [-0.2, 0) is 0 Å². The molecule has 4 saturated carbocycles. The molecule has 4 rings (SSSR count). The second-order valence-corrected chi connectivity index (χ2v) is 9.03. The maximum Gasteiger partial charge on any atom is -0.0295 e. The van der Waals surface area contributed by atoms with Gasteiger partial charge in [0.1, 0.15) is 0 Å². The molecule has 4 aliphatic rings. The molecular weight excluding hydrogens is 240 g/mol. The lowest BCUT2D eigenvalue weighted by Gasteiger charge is -2.50. The molecule has 0 N–H and O–H groups in total. The predicted molar refractivity (Wildman–Crippen MR) is 85.6 cm³/mol. The minimum Gasteiger partial charge on any atom is -0.0594 e. The first-order valence-corrected chi connectivity index (χ1v) is 9.78. The lowest BCUT2D eigenvalue weighted by atomic mass is 9.55. The van der Waals surface area contributed by atoms with Crippen LogP contribution in [0.2, 0.25) is 0 Å². The second-order valence-electron chi connectivity index (χ2n) is 9.03. The van der Waals surface area contributed by atoms with Gasteiger partial charge >= 0.3 is 0 Å². The molecule has 0 saturated heterocycles. The van der Waals surface area contributed by atoms with Crippen molar-refractivity contribution in [3.8, 4) is 0 Å². The molecule has 0 radical (unpaired) electrons. The third kappa shape index (κ3) is 2.17. The third-order valence-electron chi connectivity index (χ3n) is 8.06. The van der Waals surface area contributed by atoms with Crippen LogP contribution in [-0.4, -0.2) is 0 Å². The van der Waals surface area contributed by atoms with E-state index in [1.54, 1.807) is 64.2 Å². The van der Waals surface area contributed by atoms with E-state index in [0.29, 0.717) is 0 Å². The Labute approximate surface area is 126 Å². The largest absolute Gasteiger partial charge is 0.0594 e. The van der Waals surface area contributed by atoms with Crippen molar-refractivity contribution in [1.29, 1.82) is 0 Å². The lowest BCUT2D eigenvalue weighted by Crippen LogP contribution is -2.41. The van der Waals surface area contributed by atoms with Gasteiger partial charge in [0.15, 0.2) is 0 Å². The lowest BCUT2D eigenvalue weighted by molar-refractivity contribution is -0.00229. The first-order valence-electron chi connectivity index (χ1n) is 9.78. The topological polar surface area (TPSA) is 0 Å². The molecule has 0 nitrogen and oxygen atoms in total. The summed E-state index contributed by atoms with van der Waals surface area (Å²) < 4.78 is 0. The standard InChI is InChI=1S/C20H34/c1-20(12-5-2-6-13-20)18-11-7-9-16-14-15-8-3-4-10-17(15)19(16)18/h15-19H,2-14H2,1H3. The monoisotopic (exact) mass is 274 g/mol. The Kier molecular flexibility index (Phi) is 3.63. The van der Waals surface area contributed by atoms with Crippen LogP contribution in [0.5, 0.6) is 0 Å². The molecule has 0 bridgehead atoms. The van der Waals surface area contributed by atoms with Gasteiger partial charge in [0.25, 0.3) is 0 Å². The number of rotatable bonds is 1. The Hall–Kier alpha value is 0. The fourth-order valence-electron chi connectivity index (χ4n) is 7.20. The minimum atomic E-state index is 0.730. The van der Waals surface area contributed by atoms with E-state index in [9.17, 15) is 0 Å². The highest BCUT2D eigenvalue weighted by molar-refractivity contribution is 5.02. The van der Waals surface area contributed by atoms with E-state index in [2.05, 4.69) is 6.92 Å². The highest BCUT2D eigenvalue weighted by Gasteiger charge is 2.52. The SMILES string of the molecule is CC1(C2CCCC3CC4CCCCC4C32)CCCCC1. The zero-order valence-electron chi connectivity index (χ0n) is 13.6. The maximum atomic E-state index is 2.69. The molecule has 0 aromatic carbocycles. The Balaban J connectivity index is 1.59. The average Bonchev–Trinajstić information content (AvgIpc) is 2.86. The summed E-state index contributed by atoms with van der Waals surface area (Å²) in [6.45, 7) is 2.69. The molecule has 0 amide bonds. The van der Waals surface area contributed by atoms with Gasteiger partial charge < -0.3 is 0 Å². The van der Waals surface area contributed by atoms with E-state index in [1.807, 2.05) is 0 Å². The zero-order chi connectivity index (χ0) is 13.6. The number of hydrogen-bond donors (Lipinski definition) is 0. The van der Waals surface area contributed by atoms with E-state index < -0.39 is 0 Å². The summed E-state index contributed by atoms with van der Waals surface area (Å²) in [6.07, 6.45) is 20.3. The van der Waals surface area contributed by atoms with Gasteiger partial charge in [-0.2, -0.15) is 0 Å². The van der Waals surface area contributed by atoms with E-state index in [4.69, 9.17) is 0 Å². The zero-order valence-corrected chi connectivity index (χ0v) is 13.6. The summed E-state index contributed by atoms with van der Waals surface area (Å²) in [7, 11) is 0. The summed E-state index contributed by atoms with van der Waals surface area (Å²) in [4.78, 5) is 0. The molecule has 4 aliphatic carbocycles. The van der Waals surface area contributed by atoms with Crippen molar-refractivity contribution in [1.82, 2.24) is 0 Å². The van der Waals surface area contributed by atoms with Crippen molar-refractivity contribution in [3.63, 3.8) is 0 Å². The van der Waals surface area contributed by atoms with Crippen LogP contribution in [0.25, 0.3) is 0 Å². The molecule has 5 atom stereocenters. The van der Waals surface area contributed by atoms with Gasteiger partial charge in [-0.3, -0.25) is 0 Å². The predicted octanol–water partition coefficient (Wildman–Crippen LogP) is 6.20. The molecule has 0 aromatic rings. The van der Waals surface area contributed by atoms with Crippen molar-refractivity contribution >= 4 is 0 Å². The highest BCUT2D eigenvalue weighted by Crippen LogP contribution is 2.61. The summed E-state index contributed by atoms with van der Waals surface area (Å²) >= 11 is 0. The summed E-state index contributed by atoms with van der Waals surface area (Å²) in [6, 6.07) is 0. The van der Waals surface area contributed by atoms with Crippen LogP contribution in [0.4, 0.5) is 0 Å². The third-order valence-corrected chi connectivity index (χ3v) is 8.06. The van der Waals surface area contributed by atoms with Crippen molar-refractivity contribution in [2.24, 2.45) is 35.0 Å². The van der Waals surface area contributed by atoms with Crippen molar-refractivity contribution in [2.75, 3.05) is 0 Å². The van der Waals surface area contributed by atoms with Gasteiger partial charge in [0.05, 0.1) is 0 Å². The van der Waals surface area contributed by atoms with Gasteiger partial charge in [-0.05, 0) is 67.1 Å². The van der Waals surface area contributed by atoms with Crippen LogP contribution >= 0.6 is 0 Å². The maximum absolute atomic E-state index is 2.69. The normalized spacial score (nSPS) is 47.5. The van der Waals surface area contributed by atoms with E-state index >= 15 is 0 Å². The Morgan fingerprint density at radius 1 is 0.700 bits per heavy atom. The molecule has 0 spiro atoms. The highest BCUT2D eigenvalue weighted by atomic mass is 14.6. The van der Waals surface area contributed by atoms with Crippen LogP contribution in [0.15, 0.2) is 0 Å². The molecular formula is C20H34. The van der Waals surface area contributed by atoms with Gasteiger partial charge in [-0.25, -0.2) is 0 Å². The number of fused-ring (bicyclic) bond motifs is 3. The Morgan fingerprint density at radius 3 is 2.30 bits per heavy atom. The molecule has 20 heavy (non-hydrogen) atoms. The van der Waals surface area contributed by atoms with Gasteiger partial charge in [0.2, 0.25) is 0 Å². The van der Waals surface area contributed by atoms with Gasteiger partial charge in [-0.15, -0.1) is 0 Å². The first kappa shape index (κ1) is 13.6. The van der Waals surface area contributed by atoms with Crippen molar-refractivity contribution < 1.29 is 0 Å². The minimum absolute atomic E-state index is 0.730. The molecule has 0 aliphatic heterocycles. The summed E-state index contributed by atoms with van der Waals surface area (Å²) in [5, 5.41) is 0. The van der Waals surface area contributed by atoms with Crippen molar-refractivity contribution in [3.05, 3.63) is 0 Å². The Morgan fingerprint density at radius 2 is 1.45 bits per heavy atom. The second kappa shape index (κ2) is 5.33. The molecule has 0 heteroatoms. The van der Waals surface area contributed by atoms with E-state index in [1.165, 1.54) is 19.3 Å². The first-order chi connectivity index (χ1) is 9.78. The summed E-state index contributed by atoms with van der Waals surface area (Å²) in [5.74, 6) is 5.69. The van der Waals surface area contributed by atoms with Crippen molar-refractivity contribution in [2.45, 2.75) is 90.4 Å². The molecule has 114 valence electrons. The molecule has 4 fully saturated rings. The van der Waals surface area contributed by atoms with Crippen LogP contribution in [0.1, 0.15) is 90.4 Å². The summed E-state index contributed by atoms with van der Waals surface area (Å²) in [5.41, 5.74) is 0.730. The van der Waals surface area contributed by atoms with E-state index in [0.717, 1.165) is 35.0 Å². The van der Waals surface area contributed by atoms with Crippen LogP contribution in [0.3, 0.4) is 0 Å². The smallest absolute Gasteiger partial charge is 0.0295 e. The molecule has 0 aromatic heterocycles. The Bertz CT molecular complexity index is 338. The fraction of sp³-hybridized carbons (Fsp3) is 1.00. The molecule has 0 heterocycles. The van der Waals surface area contributed by atoms with Gasteiger partial charge in [-0.1, -0.05) is 58.3 Å². The fourth-order valence-corrected chi connectivity index (χ4v) is 7.20. The quantitative estimate of drug-likeness (QED) is 0.534. The van der Waals surface area contributed by atoms with Crippen LogP contribution in [0, 0.1) is 35.0 Å². The average molecular weight is 274 g/mol. The van der Waals surface area contributed by atoms with Crippen LogP contribution < -0.4 is 0 Å².